The standard InChI is InChI=1S/C14H24N2O/c1-16(2)11-7-10-15-14(12-17-3)13-8-5-4-6-9-13/h4-6,8-9,14-15H,7,10-12H2,1-3H3. The molecule has 0 aliphatic carbocycles. The van der Waals surface area contributed by atoms with Gasteiger partial charge in [-0.1, -0.05) is 30.3 Å². The van der Waals surface area contributed by atoms with Crippen LogP contribution in [-0.2, 0) is 4.74 Å². The van der Waals surface area contributed by atoms with Crippen LogP contribution in [0.2, 0.25) is 0 Å². The van der Waals surface area contributed by atoms with Crippen molar-refractivity contribution in [3.05, 3.63) is 35.9 Å². The Bertz CT molecular complexity index is 288. The third-order valence-electron chi connectivity index (χ3n) is 2.71. The van der Waals surface area contributed by atoms with Gasteiger partial charge in [0.2, 0.25) is 0 Å². The van der Waals surface area contributed by atoms with Gasteiger partial charge in [-0.2, -0.15) is 0 Å². The predicted octanol–water partition coefficient (Wildman–Crippen LogP) is 1.92. The summed E-state index contributed by atoms with van der Waals surface area (Å²) < 4.78 is 5.26. The minimum absolute atomic E-state index is 0.295. The maximum atomic E-state index is 5.26. The molecular weight excluding hydrogens is 212 g/mol. The van der Waals surface area contributed by atoms with E-state index >= 15 is 0 Å². The summed E-state index contributed by atoms with van der Waals surface area (Å²) in [6.07, 6.45) is 1.15. The van der Waals surface area contributed by atoms with E-state index in [2.05, 4.69) is 48.6 Å². The molecule has 0 bridgehead atoms. The summed E-state index contributed by atoms with van der Waals surface area (Å²) in [5, 5.41) is 3.54. The normalized spacial score (nSPS) is 12.9. The number of hydrogen-bond donors (Lipinski definition) is 1. The van der Waals surface area contributed by atoms with E-state index in [1.807, 2.05) is 6.07 Å². The number of methoxy groups -OCH3 is 1. The summed E-state index contributed by atoms with van der Waals surface area (Å²) in [6, 6.07) is 10.8. The van der Waals surface area contributed by atoms with Crippen molar-refractivity contribution in [2.24, 2.45) is 0 Å². The van der Waals surface area contributed by atoms with Crippen molar-refractivity contribution in [2.45, 2.75) is 12.5 Å². The Kier molecular flexibility index (Phi) is 6.86. The van der Waals surface area contributed by atoms with Crippen LogP contribution in [0.1, 0.15) is 18.0 Å². The van der Waals surface area contributed by atoms with Crippen molar-refractivity contribution in [2.75, 3.05) is 40.9 Å². The van der Waals surface area contributed by atoms with Gasteiger partial charge in [0.15, 0.2) is 0 Å². The molecule has 1 atom stereocenters. The Morgan fingerprint density at radius 1 is 1.24 bits per heavy atom. The molecule has 0 aromatic heterocycles. The maximum Gasteiger partial charge on any atom is 0.0657 e. The molecule has 1 aromatic carbocycles. The van der Waals surface area contributed by atoms with E-state index in [4.69, 9.17) is 4.74 Å². The zero-order valence-electron chi connectivity index (χ0n) is 11.1. The number of rotatable bonds is 8. The Balaban J connectivity index is 2.39. The molecule has 1 N–H and O–H groups in total. The first-order chi connectivity index (χ1) is 8.24. The molecule has 96 valence electrons. The van der Waals surface area contributed by atoms with Gasteiger partial charge in [-0.05, 0) is 39.2 Å². The summed E-state index contributed by atoms with van der Waals surface area (Å²) in [4.78, 5) is 2.20. The third kappa shape index (κ3) is 5.82. The van der Waals surface area contributed by atoms with E-state index in [1.165, 1.54) is 5.56 Å². The summed E-state index contributed by atoms with van der Waals surface area (Å²) in [6.45, 7) is 2.84. The van der Waals surface area contributed by atoms with Crippen LogP contribution in [0, 0.1) is 0 Å². The monoisotopic (exact) mass is 236 g/mol. The average molecular weight is 236 g/mol. The van der Waals surface area contributed by atoms with E-state index in [9.17, 15) is 0 Å². The van der Waals surface area contributed by atoms with Crippen LogP contribution in [0.25, 0.3) is 0 Å². The third-order valence-corrected chi connectivity index (χ3v) is 2.71. The first-order valence-electron chi connectivity index (χ1n) is 6.16. The van der Waals surface area contributed by atoms with E-state index in [1.54, 1.807) is 7.11 Å². The van der Waals surface area contributed by atoms with Crippen LogP contribution in [-0.4, -0.2) is 45.8 Å². The first-order valence-corrected chi connectivity index (χ1v) is 6.16. The summed E-state index contributed by atoms with van der Waals surface area (Å²) in [5.41, 5.74) is 1.29. The lowest BCUT2D eigenvalue weighted by molar-refractivity contribution is 0.166. The van der Waals surface area contributed by atoms with Crippen molar-refractivity contribution in [1.82, 2.24) is 10.2 Å². The van der Waals surface area contributed by atoms with Crippen molar-refractivity contribution in [3.8, 4) is 0 Å². The number of nitrogens with zero attached hydrogens (tertiary/aromatic N) is 1. The van der Waals surface area contributed by atoms with Gasteiger partial charge in [0, 0.05) is 7.11 Å². The fourth-order valence-corrected chi connectivity index (χ4v) is 1.80. The Labute approximate surface area is 105 Å². The SMILES string of the molecule is COCC(NCCCN(C)C)c1ccccc1. The first kappa shape index (κ1) is 14.2. The maximum absolute atomic E-state index is 5.26. The molecule has 0 saturated heterocycles. The van der Waals surface area contributed by atoms with Crippen molar-refractivity contribution in [1.29, 1.82) is 0 Å². The molecule has 0 amide bonds. The molecule has 0 heterocycles. The number of benzene rings is 1. The molecule has 1 rings (SSSR count). The van der Waals surface area contributed by atoms with Crippen LogP contribution >= 0.6 is 0 Å². The molecule has 3 heteroatoms. The van der Waals surface area contributed by atoms with Crippen molar-refractivity contribution < 1.29 is 4.74 Å². The summed E-state index contributed by atoms with van der Waals surface area (Å²) >= 11 is 0. The van der Waals surface area contributed by atoms with Crippen LogP contribution < -0.4 is 5.32 Å². The topological polar surface area (TPSA) is 24.5 Å². The minimum Gasteiger partial charge on any atom is -0.383 e. The van der Waals surface area contributed by atoms with Gasteiger partial charge in [-0.3, -0.25) is 0 Å². The highest BCUT2D eigenvalue weighted by atomic mass is 16.5. The largest absolute Gasteiger partial charge is 0.383 e. The molecule has 1 unspecified atom stereocenters. The second kappa shape index (κ2) is 8.23. The molecule has 17 heavy (non-hydrogen) atoms. The van der Waals surface area contributed by atoms with E-state index < -0.39 is 0 Å². The molecule has 0 saturated carbocycles. The zero-order chi connectivity index (χ0) is 12.5. The smallest absolute Gasteiger partial charge is 0.0657 e. The van der Waals surface area contributed by atoms with E-state index in [-0.39, 0.29) is 0 Å². The lowest BCUT2D eigenvalue weighted by atomic mass is 10.1. The second-order valence-electron chi connectivity index (χ2n) is 4.53. The highest BCUT2D eigenvalue weighted by Crippen LogP contribution is 2.12. The highest BCUT2D eigenvalue weighted by molar-refractivity contribution is 5.18. The highest BCUT2D eigenvalue weighted by Gasteiger charge is 2.09. The predicted molar refractivity (Wildman–Crippen MR) is 72.2 cm³/mol. The zero-order valence-corrected chi connectivity index (χ0v) is 11.1. The van der Waals surface area contributed by atoms with Crippen molar-refractivity contribution in [3.63, 3.8) is 0 Å². The van der Waals surface area contributed by atoms with Crippen molar-refractivity contribution >= 4 is 0 Å². The number of hydrogen-bond acceptors (Lipinski definition) is 3. The lowest BCUT2D eigenvalue weighted by Crippen LogP contribution is -2.28. The van der Waals surface area contributed by atoms with Gasteiger partial charge in [0.1, 0.15) is 0 Å². The van der Waals surface area contributed by atoms with Gasteiger partial charge < -0.3 is 15.0 Å². The molecule has 0 radical (unpaired) electrons. The quantitative estimate of drug-likeness (QED) is 0.698. The van der Waals surface area contributed by atoms with Gasteiger partial charge in [0.25, 0.3) is 0 Å². The molecule has 0 spiro atoms. The van der Waals surface area contributed by atoms with Gasteiger partial charge in [0.05, 0.1) is 12.6 Å². The van der Waals surface area contributed by atoms with Crippen LogP contribution in [0.5, 0.6) is 0 Å². The van der Waals surface area contributed by atoms with Crippen LogP contribution in [0.4, 0.5) is 0 Å². The molecular formula is C14H24N2O. The van der Waals surface area contributed by atoms with Gasteiger partial charge in [-0.15, -0.1) is 0 Å². The fourth-order valence-electron chi connectivity index (χ4n) is 1.80. The van der Waals surface area contributed by atoms with E-state index in [0.717, 1.165) is 19.5 Å². The average Bonchev–Trinajstić information content (AvgIpc) is 2.34. The second-order valence-corrected chi connectivity index (χ2v) is 4.53. The Morgan fingerprint density at radius 2 is 1.94 bits per heavy atom. The molecule has 0 aliphatic heterocycles. The van der Waals surface area contributed by atoms with Gasteiger partial charge in [-0.25, -0.2) is 0 Å². The minimum atomic E-state index is 0.295. The lowest BCUT2D eigenvalue weighted by Gasteiger charge is -2.19. The number of ether oxygens (including phenoxy) is 1. The molecule has 1 aromatic rings. The number of nitrogens with one attached hydrogen (secondary N) is 1. The molecule has 0 aliphatic rings. The van der Waals surface area contributed by atoms with Crippen LogP contribution in [0.15, 0.2) is 30.3 Å². The molecule has 0 fully saturated rings. The summed E-state index contributed by atoms with van der Waals surface area (Å²) in [7, 11) is 5.95. The van der Waals surface area contributed by atoms with Gasteiger partial charge >= 0.3 is 0 Å². The Morgan fingerprint density at radius 3 is 2.53 bits per heavy atom. The Hall–Kier alpha value is -0.900. The molecule has 3 nitrogen and oxygen atoms in total. The fraction of sp³-hybridized carbons (Fsp3) is 0.571. The van der Waals surface area contributed by atoms with E-state index in [0.29, 0.717) is 12.6 Å². The summed E-state index contributed by atoms with van der Waals surface area (Å²) in [5.74, 6) is 0. The van der Waals surface area contributed by atoms with Crippen LogP contribution in [0.3, 0.4) is 0 Å².